The lowest BCUT2D eigenvalue weighted by Crippen LogP contribution is -2.30. The molecule has 0 heterocycles. The van der Waals surface area contributed by atoms with E-state index in [-0.39, 0.29) is 0 Å². The first-order chi connectivity index (χ1) is 8.18. The number of benzene rings is 1. The molecule has 0 aliphatic carbocycles. The summed E-state index contributed by atoms with van der Waals surface area (Å²) in [5.41, 5.74) is 0.955. The van der Waals surface area contributed by atoms with E-state index in [1.165, 1.54) is 0 Å². The molecule has 0 spiro atoms. The maximum absolute atomic E-state index is 11.3. The van der Waals surface area contributed by atoms with Gasteiger partial charge in [-0.05, 0) is 19.1 Å². The number of hydrogen-bond acceptors (Lipinski definition) is 3. The van der Waals surface area contributed by atoms with Gasteiger partial charge in [-0.2, -0.15) is 0 Å². The Morgan fingerprint density at radius 2 is 2.06 bits per heavy atom. The molecule has 0 bridgehead atoms. The van der Waals surface area contributed by atoms with Crippen molar-refractivity contribution in [3.8, 4) is 5.75 Å². The number of ether oxygens (including phenoxy) is 2. The highest BCUT2D eigenvalue weighted by Gasteiger charge is 2.02. The zero-order chi connectivity index (χ0) is 12.5. The second kappa shape index (κ2) is 7.46. The average Bonchev–Trinajstić information content (AvgIpc) is 2.29. The van der Waals surface area contributed by atoms with Gasteiger partial charge < -0.3 is 14.8 Å². The maximum atomic E-state index is 11.3. The lowest BCUT2D eigenvalue weighted by molar-refractivity contribution is 0.152. The van der Waals surface area contributed by atoms with E-state index in [4.69, 9.17) is 9.47 Å². The highest BCUT2D eigenvalue weighted by molar-refractivity contribution is 5.70. The molecule has 4 heteroatoms. The number of carbonyl (C=O) groups is 1. The molecule has 0 saturated carbocycles. The Balaban J connectivity index is 2.12. The molecular weight excluding hydrogens is 218 g/mol. The van der Waals surface area contributed by atoms with Crippen molar-refractivity contribution in [2.75, 3.05) is 19.8 Å². The van der Waals surface area contributed by atoms with Crippen LogP contribution < -0.4 is 10.1 Å². The zero-order valence-electron chi connectivity index (χ0n) is 9.94. The van der Waals surface area contributed by atoms with E-state index in [1.807, 2.05) is 13.0 Å². The van der Waals surface area contributed by atoms with Gasteiger partial charge in [0.1, 0.15) is 5.75 Å². The van der Waals surface area contributed by atoms with Gasteiger partial charge in [0.25, 0.3) is 0 Å². The van der Waals surface area contributed by atoms with Crippen LogP contribution in [-0.2, 0) is 4.74 Å². The van der Waals surface area contributed by atoms with Crippen molar-refractivity contribution in [1.82, 2.24) is 5.32 Å². The Kier molecular flexibility index (Phi) is 5.82. The van der Waals surface area contributed by atoms with Crippen LogP contribution in [0, 0.1) is 0 Å². The van der Waals surface area contributed by atoms with Crippen LogP contribution in [0.3, 0.4) is 0 Å². The molecule has 1 aromatic carbocycles. The Morgan fingerprint density at radius 1 is 1.35 bits per heavy atom. The van der Waals surface area contributed by atoms with Crippen LogP contribution in [0.5, 0.6) is 5.75 Å². The second-order valence-corrected chi connectivity index (χ2v) is 3.64. The Labute approximate surface area is 101 Å². The minimum atomic E-state index is -0.477. The van der Waals surface area contributed by atoms with Crippen LogP contribution in [0.25, 0.3) is 0 Å². The van der Waals surface area contributed by atoms with Gasteiger partial charge in [0.15, 0.2) is 0 Å². The number of para-hydroxylation sites is 1. The number of carbonyl (C=O) groups excluding carboxylic acids is 1. The molecule has 0 radical (unpaired) electrons. The van der Waals surface area contributed by atoms with E-state index in [1.54, 1.807) is 24.3 Å². The summed E-state index contributed by atoms with van der Waals surface area (Å²) in [6.45, 7) is 6.96. The van der Waals surface area contributed by atoms with E-state index < -0.39 is 6.09 Å². The Bertz CT molecular complexity index is 362. The summed E-state index contributed by atoms with van der Waals surface area (Å²) in [6, 6.07) is 8.90. The molecule has 0 unspecified atom stereocenters. The van der Waals surface area contributed by atoms with E-state index in [0.717, 1.165) is 5.57 Å². The van der Waals surface area contributed by atoms with Crippen molar-refractivity contribution >= 4 is 6.09 Å². The predicted molar refractivity (Wildman–Crippen MR) is 66.1 cm³/mol. The van der Waals surface area contributed by atoms with Crippen LogP contribution in [0.2, 0.25) is 0 Å². The van der Waals surface area contributed by atoms with Crippen LogP contribution >= 0.6 is 0 Å². The van der Waals surface area contributed by atoms with Gasteiger partial charge in [-0.15, -0.1) is 0 Å². The van der Waals surface area contributed by atoms with Crippen LogP contribution in [-0.4, -0.2) is 25.9 Å². The normalized spacial score (nSPS) is 9.71. The highest BCUT2D eigenvalue weighted by Crippen LogP contribution is 2.07. The number of amides is 1. The fraction of sp³-hybridized carbons (Fsp3) is 0.308. The molecule has 1 amide bonds. The summed E-state index contributed by atoms with van der Waals surface area (Å²) < 4.78 is 10.2. The summed E-state index contributed by atoms with van der Waals surface area (Å²) in [5.74, 6) is 0.521. The van der Waals surface area contributed by atoms with Gasteiger partial charge in [-0.3, -0.25) is 0 Å². The molecular formula is C13H17NO3. The van der Waals surface area contributed by atoms with Gasteiger partial charge in [0, 0.05) is 6.54 Å². The lowest BCUT2D eigenvalue weighted by atomic mass is 10.3. The summed E-state index contributed by atoms with van der Waals surface area (Å²) in [4.78, 5) is 11.3. The molecule has 0 aliphatic heterocycles. The summed E-state index contributed by atoms with van der Waals surface area (Å²) >= 11 is 0. The van der Waals surface area contributed by atoms with E-state index in [2.05, 4.69) is 11.9 Å². The minimum absolute atomic E-state index is 0.416. The third-order valence-corrected chi connectivity index (χ3v) is 1.82. The fourth-order valence-electron chi connectivity index (χ4n) is 1.10. The third-order valence-electron chi connectivity index (χ3n) is 1.82. The molecule has 17 heavy (non-hydrogen) atoms. The van der Waals surface area contributed by atoms with Crippen molar-refractivity contribution in [3.05, 3.63) is 42.5 Å². The first-order valence-electron chi connectivity index (χ1n) is 5.41. The van der Waals surface area contributed by atoms with Crippen molar-refractivity contribution in [2.24, 2.45) is 0 Å². The Hall–Kier alpha value is -1.81. The summed E-state index contributed by atoms with van der Waals surface area (Å²) in [5, 5.41) is 2.59. The number of hydrogen-bond donors (Lipinski definition) is 1. The standard InChI is InChI=1S/C13H17NO3/c1-11(2)10-16-9-8-14-13(15)17-12-6-4-3-5-7-12/h3-7H,1,8-10H2,2H3,(H,14,15). The zero-order valence-corrected chi connectivity index (χ0v) is 9.94. The topological polar surface area (TPSA) is 47.6 Å². The molecule has 0 fully saturated rings. The van der Waals surface area contributed by atoms with Crippen LogP contribution in [0.15, 0.2) is 42.5 Å². The van der Waals surface area contributed by atoms with E-state index >= 15 is 0 Å². The van der Waals surface area contributed by atoms with Crippen molar-refractivity contribution in [2.45, 2.75) is 6.92 Å². The van der Waals surface area contributed by atoms with Gasteiger partial charge in [0.05, 0.1) is 13.2 Å². The number of rotatable bonds is 6. The fourth-order valence-corrected chi connectivity index (χ4v) is 1.10. The molecule has 1 aromatic rings. The molecule has 4 nitrogen and oxygen atoms in total. The largest absolute Gasteiger partial charge is 0.412 e. The van der Waals surface area contributed by atoms with Gasteiger partial charge >= 0.3 is 6.09 Å². The molecule has 0 atom stereocenters. The molecule has 0 aliphatic rings. The van der Waals surface area contributed by atoms with Crippen molar-refractivity contribution in [3.63, 3.8) is 0 Å². The molecule has 92 valence electrons. The third kappa shape index (κ3) is 6.37. The van der Waals surface area contributed by atoms with Crippen molar-refractivity contribution < 1.29 is 14.3 Å². The summed E-state index contributed by atoms with van der Waals surface area (Å²) in [7, 11) is 0. The van der Waals surface area contributed by atoms with Crippen LogP contribution in [0.1, 0.15) is 6.92 Å². The van der Waals surface area contributed by atoms with E-state index in [9.17, 15) is 4.79 Å². The first kappa shape index (κ1) is 13.3. The number of nitrogens with one attached hydrogen (secondary N) is 1. The van der Waals surface area contributed by atoms with Crippen LogP contribution in [0.4, 0.5) is 4.79 Å². The SMILES string of the molecule is C=C(C)COCCNC(=O)Oc1ccccc1. The summed E-state index contributed by atoms with van der Waals surface area (Å²) in [6.07, 6.45) is -0.477. The smallest absolute Gasteiger partial charge is 0.410 e. The lowest BCUT2D eigenvalue weighted by Gasteiger charge is -2.07. The quantitative estimate of drug-likeness (QED) is 0.608. The molecule has 0 saturated heterocycles. The minimum Gasteiger partial charge on any atom is -0.410 e. The highest BCUT2D eigenvalue weighted by atomic mass is 16.6. The van der Waals surface area contributed by atoms with Crippen molar-refractivity contribution in [1.29, 1.82) is 0 Å². The van der Waals surface area contributed by atoms with Gasteiger partial charge in [0.2, 0.25) is 0 Å². The molecule has 1 rings (SSSR count). The second-order valence-electron chi connectivity index (χ2n) is 3.64. The average molecular weight is 235 g/mol. The Morgan fingerprint density at radius 3 is 2.71 bits per heavy atom. The van der Waals surface area contributed by atoms with Gasteiger partial charge in [-0.25, -0.2) is 4.79 Å². The van der Waals surface area contributed by atoms with Gasteiger partial charge in [-0.1, -0.05) is 30.4 Å². The molecule has 0 aromatic heterocycles. The predicted octanol–water partition coefficient (Wildman–Crippen LogP) is 2.37. The molecule has 1 N–H and O–H groups in total. The monoisotopic (exact) mass is 235 g/mol. The maximum Gasteiger partial charge on any atom is 0.412 e. The first-order valence-corrected chi connectivity index (χ1v) is 5.41. The van der Waals surface area contributed by atoms with E-state index in [0.29, 0.717) is 25.5 Å².